The van der Waals surface area contributed by atoms with Gasteiger partial charge in [-0.2, -0.15) is 0 Å². The van der Waals surface area contributed by atoms with E-state index in [1.54, 1.807) is 11.0 Å². The Kier molecular flexibility index (Phi) is 7.66. The average molecular weight is 275 g/mol. The molecule has 0 radical (unpaired) electrons. The van der Waals surface area contributed by atoms with Crippen molar-refractivity contribution in [2.75, 3.05) is 19.7 Å². The molecule has 1 N–H and O–H groups in total. The van der Waals surface area contributed by atoms with Crippen LogP contribution in [-0.2, 0) is 17.6 Å². The molecule has 0 aliphatic carbocycles. The van der Waals surface area contributed by atoms with E-state index >= 15 is 0 Å². The van der Waals surface area contributed by atoms with Crippen molar-refractivity contribution in [3.63, 3.8) is 0 Å². The van der Waals surface area contributed by atoms with Crippen molar-refractivity contribution < 1.29 is 9.90 Å². The highest BCUT2D eigenvalue weighted by Crippen LogP contribution is 2.09. The number of rotatable bonds is 9. The number of carbonyl (C=O) groups is 1. The van der Waals surface area contributed by atoms with E-state index in [0.29, 0.717) is 19.5 Å². The Labute approximate surface area is 121 Å². The van der Waals surface area contributed by atoms with Gasteiger partial charge in [-0.3, -0.25) is 4.79 Å². The number of benzene rings is 1. The van der Waals surface area contributed by atoms with Crippen LogP contribution in [0.25, 0.3) is 0 Å². The number of amides is 1. The molecule has 1 aromatic rings. The second kappa shape index (κ2) is 9.32. The highest BCUT2D eigenvalue weighted by molar-refractivity contribution is 5.78. The maximum absolute atomic E-state index is 12.1. The molecule has 0 atom stereocenters. The number of unbranched alkanes of at least 4 members (excludes halogenated alkanes) is 1. The Hall–Kier alpha value is -1.61. The van der Waals surface area contributed by atoms with Crippen LogP contribution < -0.4 is 0 Å². The molecule has 0 saturated heterocycles. The van der Waals surface area contributed by atoms with Gasteiger partial charge in [0.15, 0.2) is 0 Å². The second-order valence-corrected chi connectivity index (χ2v) is 4.95. The zero-order valence-electron chi connectivity index (χ0n) is 12.3. The predicted molar refractivity (Wildman–Crippen MR) is 82.6 cm³/mol. The maximum Gasteiger partial charge on any atom is 0.227 e. The van der Waals surface area contributed by atoms with Crippen LogP contribution in [0.5, 0.6) is 0 Å². The zero-order chi connectivity index (χ0) is 14.8. The Bertz CT molecular complexity index is 412. The number of hydrogen-bond acceptors (Lipinski definition) is 2. The summed E-state index contributed by atoms with van der Waals surface area (Å²) in [6.45, 7) is 6.64. The summed E-state index contributed by atoms with van der Waals surface area (Å²) < 4.78 is 0. The summed E-state index contributed by atoms with van der Waals surface area (Å²) in [6, 6.07) is 8.24. The lowest BCUT2D eigenvalue weighted by Crippen LogP contribution is -2.34. The van der Waals surface area contributed by atoms with E-state index in [2.05, 4.69) is 25.6 Å². The molecule has 0 heterocycles. The van der Waals surface area contributed by atoms with Gasteiger partial charge in [-0.1, -0.05) is 43.7 Å². The minimum absolute atomic E-state index is 0.0183. The van der Waals surface area contributed by atoms with E-state index in [1.807, 2.05) is 12.1 Å². The van der Waals surface area contributed by atoms with Gasteiger partial charge in [0.25, 0.3) is 0 Å². The van der Waals surface area contributed by atoms with E-state index in [0.717, 1.165) is 12.0 Å². The molecule has 3 heteroatoms. The van der Waals surface area contributed by atoms with E-state index in [4.69, 9.17) is 5.11 Å². The van der Waals surface area contributed by atoms with Crippen molar-refractivity contribution >= 4 is 5.91 Å². The summed E-state index contributed by atoms with van der Waals surface area (Å²) in [7, 11) is 0. The fraction of sp³-hybridized carbons (Fsp3) is 0.471. The molecule has 0 bridgehead atoms. The quantitative estimate of drug-likeness (QED) is 0.704. The third-order valence-corrected chi connectivity index (χ3v) is 3.27. The SMILES string of the molecule is C=CCN(CCO)C(=O)Cc1ccc(CCCC)cc1. The van der Waals surface area contributed by atoms with Crippen LogP contribution in [0.2, 0.25) is 0 Å². The van der Waals surface area contributed by atoms with Crippen LogP contribution in [0, 0.1) is 0 Å². The number of aryl methyl sites for hydroxylation is 1. The monoisotopic (exact) mass is 275 g/mol. The van der Waals surface area contributed by atoms with E-state index in [9.17, 15) is 4.79 Å². The molecule has 110 valence electrons. The maximum atomic E-state index is 12.1. The molecular formula is C17H25NO2. The lowest BCUT2D eigenvalue weighted by Gasteiger charge is -2.20. The standard InChI is InChI=1S/C17H25NO2/c1-3-5-6-15-7-9-16(10-8-15)14-17(20)18(11-4-2)12-13-19/h4,7-10,19H,2-3,5-6,11-14H2,1H3. The van der Waals surface area contributed by atoms with E-state index < -0.39 is 0 Å². The largest absolute Gasteiger partial charge is 0.395 e. The van der Waals surface area contributed by atoms with Gasteiger partial charge in [-0.25, -0.2) is 0 Å². The molecule has 20 heavy (non-hydrogen) atoms. The predicted octanol–water partition coefficient (Wildman–Crippen LogP) is 2.58. The third kappa shape index (κ3) is 5.57. The Morgan fingerprint density at radius 1 is 1.30 bits per heavy atom. The van der Waals surface area contributed by atoms with Gasteiger partial charge < -0.3 is 10.0 Å². The minimum Gasteiger partial charge on any atom is -0.395 e. The van der Waals surface area contributed by atoms with Crippen LogP contribution in [0.15, 0.2) is 36.9 Å². The Morgan fingerprint density at radius 2 is 1.95 bits per heavy atom. The highest BCUT2D eigenvalue weighted by Gasteiger charge is 2.11. The van der Waals surface area contributed by atoms with Crippen LogP contribution in [-0.4, -0.2) is 35.6 Å². The van der Waals surface area contributed by atoms with E-state index in [-0.39, 0.29) is 12.5 Å². The summed E-state index contributed by atoms with van der Waals surface area (Å²) in [6.07, 6.45) is 5.54. The first kappa shape index (κ1) is 16.4. The van der Waals surface area contributed by atoms with Gasteiger partial charge in [0.2, 0.25) is 5.91 Å². The van der Waals surface area contributed by atoms with Gasteiger partial charge in [0.05, 0.1) is 13.0 Å². The van der Waals surface area contributed by atoms with Crippen molar-refractivity contribution in [1.29, 1.82) is 0 Å². The van der Waals surface area contributed by atoms with Gasteiger partial charge >= 0.3 is 0 Å². The molecule has 0 aromatic heterocycles. The van der Waals surface area contributed by atoms with Crippen LogP contribution in [0.4, 0.5) is 0 Å². The van der Waals surface area contributed by atoms with E-state index in [1.165, 1.54) is 18.4 Å². The molecule has 0 aliphatic heterocycles. The minimum atomic E-state index is -0.0183. The molecule has 0 aliphatic rings. The lowest BCUT2D eigenvalue weighted by molar-refractivity contribution is -0.130. The van der Waals surface area contributed by atoms with Crippen molar-refractivity contribution in [3.05, 3.63) is 48.0 Å². The summed E-state index contributed by atoms with van der Waals surface area (Å²) in [5.74, 6) is 0.0280. The van der Waals surface area contributed by atoms with Crippen molar-refractivity contribution in [1.82, 2.24) is 4.90 Å². The molecular weight excluding hydrogens is 250 g/mol. The van der Waals surface area contributed by atoms with Crippen LogP contribution in [0.1, 0.15) is 30.9 Å². The molecule has 0 fully saturated rings. The first-order chi connectivity index (χ1) is 9.71. The highest BCUT2D eigenvalue weighted by atomic mass is 16.3. The molecule has 1 rings (SSSR count). The molecule has 1 amide bonds. The number of aliphatic hydroxyl groups is 1. The summed E-state index contributed by atoms with van der Waals surface area (Å²) in [4.78, 5) is 13.7. The Balaban J connectivity index is 2.57. The van der Waals surface area contributed by atoms with Crippen molar-refractivity contribution in [2.45, 2.75) is 32.6 Å². The third-order valence-electron chi connectivity index (χ3n) is 3.27. The van der Waals surface area contributed by atoms with Crippen LogP contribution >= 0.6 is 0 Å². The van der Waals surface area contributed by atoms with Crippen molar-refractivity contribution in [3.8, 4) is 0 Å². The van der Waals surface area contributed by atoms with Gasteiger partial charge in [0, 0.05) is 13.1 Å². The van der Waals surface area contributed by atoms with Crippen molar-refractivity contribution in [2.24, 2.45) is 0 Å². The normalized spacial score (nSPS) is 10.3. The fourth-order valence-corrected chi connectivity index (χ4v) is 2.09. The number of hydrogen-bond donors (Lipinski definition) is 1. The molecule has 0 spiro atoms. The smallest absolute Gasteiger partial charge is 0.227 e. The molecule has 0 saturated carbocycles. The lowest BCUT2D eigenvalue weighted by atomic mass is 10.0. The van der Waals surface area contributed by atoms with Gasteiger partial charge in [-0.05, 0) is 24.0 Å². The molecule has 0 unspecified atom stereocenters. The van der Waals surface area contributed by atoms with Gasteiger partial charge in [-0.15, -0.1) is 6.58 Å². The number of nitrogens with zero attached hydrogens (tertiary/aromatic N) is 1. The topological polar surface area (TPSA) is 40.5 Å². The summed E-state index contributed by atoms with van der Waals surface area (Å²) in [5.41, 5.74) is 2.34. The zero-order valence-corrected chi connectivity index (χ0v) is 12.3. The fourth-order valence-electron chi connectivity index (χ4n) is 2.09. The summed E-state index contributed by atoms with van der Waals surface area (Å²) >= 11 is 0. The first-order valence-electron chi connectivity index (χ1n) is 7.28. The number of aliphatic hydroxyl groups excluding tert-OH is 1. The molecule has 1 aromatic carbocycles. The van der Waals surface area contributed by atoms with Gasteiger partial charge in [0.1, 0.15) is 0 Å². The number of carbonyl (C=O) groups excluding carboxylic acids is 1. The second-order valence-electron chi connectivity index (χ2n) is 4.95. The van der Waals surface area contributed by atoms with Crippen LogP contribution in [0.3, 0.4) is 0 Å². The molecule has 3 nitrogen and oxygen atoms in total. The summed E-state index contributed by atoms with van der Waals surface area (Å²) in [5, 5.41) is 8.97. The first-order valence-corrected chi connectivity index (χ1v) is 7.28. The average Bonchev–Trinajstić information content (AvgIpc) is 2.46. The Morgan fingerprint density at radius 3 is 2.50 bits per heavy atom.